The summed E-state index contributed by atoms with van der Waals surface area (Å²) in [4.78, 5) is 18.4. The Balaban J connectivity index is 1.88. The van der Waals surface area contributed by atoms with Gasteiger partial charge in [-0.3, -0.25) is 9.78 Å². The number of halogens is 2. The molecular weight excluding hydrogens is 323 g/mol. The van der Waals surface area contributed by atoms with E-state index in [2.05, 4.69) is 20.9 Å². The lowest BCUT2D eigenvalue weighted by Gasteiger charge is -2.28. The van der Waals surface area contributed by atoms with E-state index in [1.807, 2.05) is 12.1 Å². The zero-order valence-corrected chi connectivity index (χ0v) is 12.2. The molecule has 3 rings (SSSR count). The molecule has 0 atom stereocenters. The summed E-state index contributed by atoms with van der Waals surface area (Å²) in [6.45, 7) is 1.04. The fourth-order valence-electron chi connectivity index (χ4n) is 2.37. The van der Waals surface area contributed by atoms with E-state index in [0.717, 1.165) is 11.3 Å². The topological polar surface area (TPSA) is 33.2 Å². The van der Waals surface area contributed by atoms with Crippen molar-refractivity contribution in [3.8, 4) is 0 Å². The SMILES string of the molecule is O=C(c1cc(Br)ccc1F)N1CCc2ncccc2C1. The third-order valence-electron chi connectivity index (χ3n) is 3.41. The number of carbonyl (C=O) groups is 1. The number of carbonyl (C=O) groups excluding carboxylic acids is 1. The molecule has 102 valence electrons. The van der Waals surface area contributed by atoms with Gasteiger partial charge < -0.3 is 4.90 Å². The summed E-state index contributed by atoms with van der Waals surface area (Å²) in [5.41, 5.74) is 2.15. The van der Waals surface area contributed by atoms with Gasteiger partial charge in [-0.15, -0.1) is 0 Å². The summed E-state index contributed by atoms with van der Waals surface area (Å²) in [5, 5.41) is 0. The highest BCUT2D eigenvalue weighted by atomic mass is 79.9. The molecule has 0 spiro atoms. The zero-order valence-electron chi connectivity index (χ0n) is 10.6. The van der Waals surface area contributed by atoms with Crippen molar-refractivity contribution >= 4 is 21.8 Å². The largest absolute Gasteiger partial charge is 0.334 e. The summed E-state index contributed by atoms with van der Waals surface area (Å²) in [5.74, 6) is -0.770. The minimum Gasteiger partial charge on any atom is -0.334 e. The highest BCUT2D eigenvalue weighted by Gasteiger charge is 2.24. The lowest BCUT2D eigenvalue weighted by Crippen LogP contribution is -2.36. The second-order valence-electron chi connectivity index (χ2n) is 4.71. The summed E-state index contributed by atoms with van der Waals surface area (Å²) in [7, 11) is 0. The van der Waals surface area contributed by atoms with Gasteiger partial charge in [-0.1, -0.05) is 22.0 Å². The monoisotopic (exact) mass is 334 g/mol. The van der Waals surface area contributed by atoms with Gasteiger partial charge in [-0.2, -0.15) is 0 Å². The zero-order chi connectivity index (χ0) is 14.1. The summed E-state index contributed by atoms with van der Waals surface area (Å²) in [6.07, 6.45) is 2.46. The minimum atomic E-state index is -0.491. The van der Waals surface area contributed by atoms with Gasteiger partial charge in [-0.05, 0) is 29.8 Å². The van der Waals surface area contributed by atoms with Crippen LogP contribution in [0.1, 0.15) is 21.6 Å². The smallest absolute Gasteiger partial charge is 0.257 e. The van der Waals surface area contributed by atoms with Gasteiger partial charge >= 0.3 is 0 Å². The van der Waals surface area contributed by atoms with Crippen LogP contribution in [0.25, 0.3) is 0 Å². The quantitative estimate of drug-likeness (QED) is 0.802. The fourth-order valence-corrected chi connectivity index (χ4v) is 2.73. The molecule has 1 aromatic heterocycles. The molecule has 5 heteroatoms. The first kappa shape index (κ1) is 13.2. The van der Waals surface area contributed by atoms with E-state index in [4.69, 9.17) is 0 Å². The second-order valence-corrected chi connectivity index (χ2v) is 5.63. The summed E-state index contributed by atoms with van der Waals surface area (Å²) in [6, 6.07) is 8.22. The molecule has 0 saturated carbocycles. The molecule has 3 nitrogen and oxygen atoms in total. The number of aromatic nitrogens is 1. The lowest BCUT2D eigenvalue weighted by molar-refractivity contribution is 0.0728. The number of fused-ring (bicyclic) bond motifs is 1. The number of hydrogen-bond donors (Lipinski definition) is 0. The van der Waals surface area contributed by atoms with Crippen LogP contribution in [-0.4, -0.2) is 22.3 Å². The number of hydrogen-bond acceptors (Lipinski definition) is 2. The van der Waals surface area contributed by atoms with E-state index in [9.17, 15) is 9.18 Å². The maximum atomic E-state index is 13.8. The molecule has 0 radical (unpaired) electrons. The Labute approximate surface area is 124 Å². The van der Waals surface area contributed by atoms with Crippen molar-refractivity contribution < 1.29 is 9.18 Å². The molecule has 20 heavy (non-hydrogen) atoms. The molecule has 1 aliphatic rings. The van der Waals surface area contributed by atoms with Crippen molar-refractivity contribution in [2.24, 2.45) is 0 Å². The van der Waals surface area contributed by atoms with E-state index < -0.39 is 5.82 Å². The Morgan fingerprint density at radius 1 is 1.35 bits per heavy atom. The summed E-state index contributed by atoms with van der Waals surface area (Å²) < 4.78 is 14.5. The number of nitrogens with zero attached hydrogens (tertiary/aromatic N) is 2. The van der Waals surface area contributed by atoms with Crippen LogP contribution in [0.2, 0.25) is 0 Å². The average Bonchev–Trinajstić information content (AvgIpc) is 2.48. The molecule has 0 bridgehead atoms. The van der Waals surface area contributed by atoms with Crippen molar-refractivity contribution in [1.82, 2.24) is 9.88 Å². The van der Waals surface area contributed by atoms with Gasteiger partial charge in [0.2, 0.25) is 0 Å². The number of benzene rings is 1. The van der Waals surface area contributed by atoms with Crippen molar-refractivity contribution in [3.05, 3.63) is 63.6 Å². The predicted molar refractivity (Wildman–Crippen MR) is 76.8 cm³/mol. The first-order chi connectivity index (χ1) is 9.65. The third kappa shape index (κ3) is 2.45. The van der Waals surface area contributed by atoms with Gasteiger partial charge in [0.05, 0.1) is 5.56 Å². The Morgan fingerprint density at radius 3 is 3.05 bits per heavy atom. The molecule has 0 saturated heterocycles. The van der Waals surface area contributed by atoms with E-state index in [-0.39, 0.29) is 11.5 Å². The molecule has 0 unspecified atom stereocenters. The first-order valence-corrected chi connectivity index (χ1v) is 7.11. The minimum absolute atomic E-state index is 0.103. The van der Waals surface area contributed by atoms with Crippen LogP contribution in [0.3, 0.4) is 0 Å². The number of rotatable bonds is 1. The van der Waals surface area contributed by atoms with Gasteiger partial charge in [0.15, 0.2) is 0 Å². The highest BCUT2D eigenvalue weighted by Crippen LogP contribution is 2.21. The van der Waals surface area contributed by atoms with Crippen LogP contribution in [0.15, 0.2) is 41.0 Å². The van der Waals surface area contributed by atoms with E-state index in [1.165, 1.54) is 12.1 Å². The van der Waals surface area contributed by atoms with Gasteiger partial charge in [0.25, 0.3) is 5.91 Å². The molecule has 2 aromatic rings. The van der Waals surface area contributed by atoms with E-state index in [0.29, 0.717) is 24.0 Å². The van der Waals surface area contributed by atoms with E-state index in [1.54, 1.807) is 17.2 Å². The number of amides is 1. The lowest BCUT2D eigenvalue weighted by atomic mass is 10.0. The van der Waals surface area contributed by atoms with Crippen molar-refractivity contribution in [2.75, 3.05) is 6.54 Å². The van der Waals surface area contributed by atoms with Gasteiger partial charge in [-0.25, -0.2) is 4.39 Å². The normalized spacial score (nSPS) is 14.0. The molecule has 1 aromatic carbocycles. The molecule has 0 N–H and O–H groups in total. The molecule has 1 amide bonds. The Kier molecular flexibility index (Phi) is 3.53. The second kappa shape index (κ2) is 5.32. The van der Waals surface area contributed by atoms with Crippen LogP contribution in [-0.2, 0) is 13.0 Å². The summed E-state index contributed by atoms with van der Waals surface area (Å²) >= 11 is 3.27. The highest BCUT2D eigenvalue weighted by molar-refractivity contribution is 9.10. The average molecular weight is 335 g/mol. The molecule has 1 aliphatic heterocycles. The van der Waals surface area contributed by atoms with Gasteiger partial charge in [0, 0.05) is 35.9 Å². The molecular formula is C15H12BrFN2O. The van der Waals surface area contributed by atoms with Gasteiger partial charge in [0.1, 0.15) is 5.82 Å². The predicted octanol–water partition coefficient (Wildman–Crippen LogP) is 3.18. The number of pyridine rings is 1. The molecule has 0 aliphatic carbocycles. The van der Waals surface area contributed by atoms with Crippen LogP contribution >= 0.6 is 15.9 Å². The van der Waals surface area contributed by atoms with Crippen LogP contribution in [0.4, 0.5) is 4.39 Å². The first-order valence-electron chi connectivity index (χ1n) is 6.32. The third-order valence-corrected chi connectivity index (χ3v) is 3.90. The standard InChI is InChI=1S/C15H12BrFN2O/c16-11-3-4-13(17)12(8-11)15(20)19-7-5-14-10(9-19)2-1-6-18-14/h1-4,6,8H,5,7,9H2. The Hall–Kier alpha value is -1.75. The van der Waals surface area contributed by atoms with Crippen molar-refractivity contribution in [3.63, 3.8) is 0 Å². The van der Waals surface area contributed by atoms with Crippen molar-refractivity contribution in [1.29, 1.82) is 0 Å². The van der Waals surface area contributed by atoms with Crippen LogP contribution < -0.4 is 0 Å². The van der Waals surface area contributed by atoms with Crippen LogP contribution in [0, 0.1) is 5.82 Å². The van der Waals surface area contributed by atoms with Crippen LogP contribution in [0.5, 0.6) is 0 Å². The maximum absolute atomic E-state index is 13.8. The van der Waals surface area contributed by atoms with Crippen molar-refractivity contribution in [2.45, 2.75) is 13.0 Å². The molecule has 2 heterocycles. The Bertz CT molecular complexity index is 675. The fraction of sp³-hybridized carbons (Fsp3) is 0.200. The molecule has 0 fully saturated rings. The van der Waals surface area contributed by atoms with E-state index >= 15 is 0 Å². The maximum Gasteiger partial charge on any atom is 0.257 e. The Morgan fingerprint density at radius 2 is 2.20 bits per heavy atom.